The molecule has 2 N–H and O–H groups in total. The number of nitrogens with zero attached hydrogens (tertiary/aromatic N) is 1. The zero-order valence-corrected chi connectivity index (χ0v) is 11.0. The van der Waals surface area contributed by atoms with Crippen LogP contribution in [-0.4, -0.2) is 35.5 Å². The molecule has 1 aromatic carbocycles. The van der Waals surface area contributed by atoms with Gasteiger partial charge in [0.25, 0.3) is 5.91 Å². The quantitative estimate of drug-likeness (QED) is 0.629. The van der Waals surface area contributed by atoms with Gasteiger partial charge in [0.05, 0.1) is 6.61 Å². The topological polar surface area (TPSA) is 70.7 Å². The first-order valence-corrected chi connectivity index (χ1v) is 6.77. The van der Waals surface area contributed by atoms with Crippen molar-refractivity contribution < 1.29 is 14.4 Å². The van der Waals surface area contributed by atoms with E-state index in [9.17, 15) is 9.59 Å². The summed E-state index contributed by atoms with van der Waals surface area (Å²) >= 11 is 0. The third-order valence-corrected chi connectivity index (χ3v) is 3.71. The maximum atomic E-state index is 11.6. The molecule has 2 aliphatic heterocycles. The first-order chi connectivity index (χ1) is 9.74. The lowest BCUT2D eigenvalue weighted by Crippen LogP contribution is -2.50. The molecule has 2 aliphatic rings. The number of amides is 3. The second kappa shape index (κ2) is 5.60. The van der Waals surface area contributed by atoms with Crippen LogP contribution in [0.5, 0.6) is 0 Å². The number of rotatable bonds is 4. The molecule has 0 aromatic heterocycles. The summed E-state index contributed by atoms with van der Waals surface area (Å²) in [5.74, 6) is -0.182. The second-order valence-corrected chi connectivity index (χ2v) is 5.13. The minimum Gasteiger partial charge on any atom is -0.311 e. The third-order valence-electron chi connectivity index (χ3n) is 3.71. The minimum atomic E-state index is -0.297. The van der Waals surface area contributed by atoms with Crippen molar-refractivity contribution in [1.29, 1.82) is 0 Å². The minimum absolute atomic E-state index is 0.0617. The SMILES string of the molecule is O=C1NC(=O)N2C[C@H](NOCc3ccccc3)CC[C@@H]12. The highest BCUT2D eigenvalue weighted by molar-refractivity contribution is 6.04. The van der Waals surface area contributed by atoms with E-state index in [-0.39, 0.29) is 24.0 Å². The Hall–Kier alpha value is -1.92. The Labute approximate surface area is 117 Å². The van der Waals surface area contributed by atoms with Gasteiger partial charge in [-0.05, 0) is 18.4 Å². The summed E-state index contributed by atoms with van der Waals surface area (Å²) in [6.07, 6.45) is 1.49. The molecule has 2 atom stereocenters. The summed E-state index contributed by atoms with van der Waals surface area (Å²) in [7, 11) is 0. The first kappa shape index (κ1) is 13.1. The number of carbonyl (C=O) groups is 2. The number of nitrogens with one attached hydrogen (secondary N) is 2. The number of hydrogen-bond acceptors (Lipinski definition) is 4. The van der Waals surface area contributed by atoms with Gasteiger partial charge in [0.2, 0.25) is 0 Å². The number of hydroxylamine groups is 1. The molecule has 0 bridgehead atoms. The van der Waals surface area contributed by atoms with Gasteiger partial charge in [-0.25, -0.2) is 4.79 Å². The highest BCUT2D eigenvalue weighted by Gasteiger charge is 2.42. The Morgan fingerprint density at radius 3 is 2.85 bits per heavy atom. The van der Waals surface area contributed by atoms with Crippen LogP contribution in [0.4, 0.5) is 4.79 Å². The van der Waals surface area contributed by atoms with Crippen molar-refractivity contribution in [3.8, 4) is 0 Å². The van der Waals surface area contributed by atoms with Crippen LogP contribution in [0.3, 0.4) is 0 Å². The summed E-state index contributed by atoms with van der Waals surface area (Å²) in [6.45, 7) is 0.975. The summed E-state index contributed by atoms with van der Waals surface area (Å²) in [5.41, 5.74) is 4.07. The average molecular weight is 275 g/mol. The summed E-state index contributed by atoms with van der Waals surface area (Å²) < 4.78 is 0. The molecule has 0 unspecified atom stereocenters. The van der Waals surface area contributed by atoms with E-state index in [2.05, 4.69) is 10.8 Å². The van der Waals surface area contributed by atoms with Crippen molar-refractivity contribution in [3.05, 3.63) is 35.9 Å². The van der Waals surface area contributed by atoms with Gasteiger partial charge in [-0.3, -0.25) is 14.9 Å². The van der Waals surface area contributed by atoms with Crippen LogP contribution in [0.1, 0.15) is 18.4 Å². The number of carbonyl (C=O) groups excluding carboxylic acids is 2. The number of fused-ring (bicyclic) bond motifs is 1. The fourth-order valence-electron chi connectivity index (χ4n) is 2.64. The van der Waals surface area contributed by atoms with E-state index < -0.39 is 0 Å². The van der Waals surface area contributed by atoms with Gasteiger partial charge in [-0.2, -0.15) is 5.48 Å². The van der Waals surface area contributed by atoms with Gasteiger partial charge in [0.15, 0.2) is 0 Å². The van der Waals surface area contributed by atoms with Crippen molar-refractivity contribution in [2.45, 2.75) is 31.5 Å². The van der Waals surface area contributed by atoms with E-state index >= 15 is 0 Å². The highest BCUT2D eigenvalue weighted by atomic mass is 16.6. The van der Waals surface area contributed by atoms with Gasteiger partial charge in [-0.1, -0.05) is 30.3 Å². The van der Waals surface area contributed by atoms with Gasteiger partial charge < -0.3 is 4.90 Å². The van der Waals surface area contributed by atoms with Gasteiger partial charge in [0.1, 0.15) is 6.04 Å². The molecular formula is C14H17N3O3. The molecule has 3 amide bonds. The van der Waals surface area contributed by atoms with Crippen molar-refractivity contribution in [2.75, 3.05) is 6.54 Å². The molecule has 0 spiro atoms. The Balaban J connectivity index is 1.48. The molecule has 3 rings (SSSR count). The van der Waals surface area contributed by atoms with E-state index in [4.69, 9.17) is 4.84 Å². The molecule has 0 aliphatic carbocycles. The molecule has 0 saturated carbocycles. The molecule has 2 saturated heterocycles. The van der Waals surface area contributed by atoms with Crippen LogP contribution in [-0.2, 0) is 16.2 Å². The molecule has 6 nitrogen and oxygen atoms in total. The molecule has 2 fully saturated rings. The van der Waals surface area contributed by atoms with Crippen LogP contribution in [0.15, 0.2) is 30.3 Å². The number of urea groups is 1. The largest absolute Gasteiger partial charge is 0.324 e. The highest BCUT2D eigenvalue weighted by Crippen LogP contribution is 2.21. The summed E-state index contributed by atoms with van der Waals surface area (Å²) in [6, 6.07) is 9.34. The molecule has 1 aromatic rings. The zero-order chi connectivity index (χ0) is 13.9. The maximum Gasteiger partial charge on any atom is 0.324 e. The van der Waals surface area contributed by atoms with E-state index in [1.165, 1.54) is 0 Å². The number of benzene rings is 1. The van der Waals surface area contributed by atoms with Crippen molar-refractivity contribution in [1.82, 2.24) is 15.7 Å². The smallest absolute Gasteiger partial charge is 0.311 e. The number of imide groups is 1. The van der Waals surface area contributed by atoms with Crippen LogP contribution in [0, 0.1) is 0 Å². The zero-order valence-electron chi connectivity index (χ0n) is 11.0. The van der Waals surface area contributed by atoms with Crippen molar-refractivity contribution >= 4 is 11.9 Å². The molecule has 106 valence electrons. The summed E-state index contributed by atoms with van der Waals surface area (Å²) in [4.78, 5) is 30.1. The summed E-state index contributed by atoms with van der Waals surface area (Å²) in [5, 5.41) is 2.34. The Morgan fingerprint density at radius 2 is 2.05 bits per heavy atom. The standard InChI is InChI=1S/C14H17N3O3/c18-13-12-7-6-11(8-17(12)14(19)15-13)16-20-9-10-4-2-1-3-5-10/h1-5,11-12,16H,6-9H2,(H,15,18,19)/t11-,12+/m1/s1. The van der Waals surface area contributed by atoms with Crippen molar-refractivity contribution in [2.24, 2.45) is 0 Å². The molecule has 0 radical (unpaired) electrons. The molecule has 20 heavy (non-hydrogen) atoms. The second-order valence-electron chi connectivity index (χ2n) is 5.13. The number of hydrogen-bond donors (Lipinski definition) is 2. The average Bonchev–Trinajstić information content (AvgIpc) is 2.75. The lowest BCUT2D eigenvalue weighted by atomic mass is 10.00. The Kier molecular flexibility index (Phi) is 3.66. The predicted octanol–water partition coefficient (Wildman–Crippen LogP) is 0.791. The van der Waals surface area contributed by atoms with Gasteiger partial charge >= 0.3 is 6.03 Å². The van der Waals surface area contributed by atoms with Gasteiger partial charge in [0, 0.05) is 12.6 Å². The lowest BCUT2D eigenvalue weighted by molar-refractivity contribution is -0.122. The lowest BCUT2D eigenvalue weighted by Gasteiger charge is -2.32. The third kappa shape index (κ3) is 2.66. The normalized spacial score (nSPS) is 25.5. The predicted molar refractivity (Wildman–Crippen MR) is 71.4 cm³/mol. The molecule has 2 heterocycles. The van der Waals surface area contributed by atoms with E-state index in [1.807, 2.05) is 30.3 Å². The molecular weight excluding hydrogens is 258 g/mol. The van der Waals surface area contributed by atoms with E-state index in [1.54, 1.807) is 4.90 Å². The Bertz CT molecular complexity index is 506. The van der Waals surface area contributed by atoms with Crippen LogP contribution >= 0.6 is 0 Å². The van der Waals surface area contributed by atoms with E-state index in [0.717, 1.165) is 12.0 Å². The van der Waals surface area contributed by atoms with Crippen LogP contribution < -0.4 is 10.8 Å². The van der Waals surface area contributed by atoms with Crippen molar-refractivity contribution in [3.63, 3.8) is 0 Å². The monoisotopic (exact) mass is 275 g/mol. The first-order valence-electron chi connectivity index (χ1n) is 6.77. The van der Waals surface area contributed by atoms with Crippen LogP contribution in [0.2, 0.25) is 0 Å². The van der Waals surface area contributed by atoms with E-state index in [0.29, 0.717) is 19.6 Å². The maximum absolute atomic E-state index is 11.6. The molecule has 6 heteroatoms. The van der Waals surface area contributed by atoms with Crippen LogP contribution in [0.25, 0.3) is 0 Å². The fraction of sp³-hybridized carbons (Fsp3) is 0.429. The number of piperidine rings is 1. The van der Waals surface area contributed by atoms with Gasteiger partial charge in [-0.15, -0.1) is 0 Å². The Morgan fingerprint density at radius 1 is 1.25 bits per heavy atom. The fourth-order valence-corrected chi connectivity index (χ4v) is 2.64.